The van der Waals surface area contributed by atoms with E-state index in [0.717, 1.165) is 18.4 Å². The second-order valence-electron chi connectivity index (χ2n) is 5.35. The predicted octanol–water partition coefficient (Wildman–Crippen LogP) is 2.01. The average Bonchev–Trinajstić information content (AvgIpc) is 2.36. The van der Waals surface area contributed by atoms with Crippen LogP contribution in [-0.2, 0) is 20.6 Å². The van der Waals surface area contributed by atoms with Crippen LogP contribution in [-0.4, -0.2) is 29.4 Å². The van der Waals surface area contributed by atoms with Gasteiger partial charge in [-0.25, -0.2) is 17.2 Å². The molecule has 1 saturated carbocycles. The van der Waals surface area contributed by atoms with Gasteiger partial charge in [0.15, 0.2) is 0 Å². The van der Waals surface area contributed by atoms with E-state index < -0.39 is 47.7 Å². The van der Waals surface area contributed by atoms with Gasteiger partial charge in [-0.3, -0.25) is 4.21 Å². The van der Waals surface area contributed by atoms with Crippen molar-refractivity contribution in [1.82, 2.24) is 0 Å². The highest BCUT2D eigenvalue weighted by Crippen LogP contribution is 2.31. The predicted molar refractivity (Wildman–Crippen MR) is 78.1 cm³/mol. The zero-order valence-electron chi connectivity index (χ0n) is 11.5. The number of halogens is 2. The summed E-state index contributed by atoms with van der Waals surface area (Å²) >= 11 is 0. The number of hydrogen-bond acceptors (Lipinski definition) is 4. The lowest BCUT2D eigenvalue weighted by molar-refractivity contribution is 0.482. The van der Waals surface area contributed by atoms with Gasteiger partial charge in [0, 0.05) is 17.2 Å². The molecule has 1 fully saturated rings. The molecule has 4 nitrogen and oxygen atoms in total. The Morgan fingerprint density at radius 2 is 1.81 bits per heavy atom. The Hall–Kier alpha value is -1.02. The summed E-state index contributed by atoms with van der Waals surface area (Å²) < 4.78 is 63.3. The fourth-order valence-corrected chi connectivity index (χ4v) is 5.55. The van der Waals surface area contributed by atoms with Crippen molar-refractivity contribution in [1.29, 1.82) is 0 Å². The van der Waals surface area contributed by atoms with Gasteiger partial charge in [0.25, 0.3) is 0 Å². The van der Waals surface area contributed by atoms with Gasteiger partial charge < -0.3 is 5.73 Å². The van der Waals surface area contributed by atoms with E-state index in [1.54, 1.807) is 0 Å². The third-order valence-corrected chi connectivity index (χ3v) is 7.17. The van der Waals surface area contributed by atoms with Crippen LogP contribution in [0, 0.1) is 11.6 Å². The number of nitrogens with two attached hydrogens (primary N) is 1. The molecule has 0 saturated heterocycles. The highest BCUT2D eigenvalue weighted by atomic mass is 32.2. The first-order chi connectivity index (χ1) is 9.70. The van der Waals surface area contributed by atoms with Crippen molar-refractivity contribution >= 4 is 26.3 Å². The van der Waals surface area contributed by atoms with E-state index >= 15 is 0 Å². The van der Waals surface area contributed by atoms with E-state index in [1.807, 2.05) is 0 Å². The van der Waals surface area contributed by atoms with Crippen LogP contribution in [0.3, 0.4) is 0 Å². The highest BCUT2D eigenvalue weighted by molar-refractivity contribution is 7.91. The van der Waals surface area contributed by atoms with E-state index in [0.29, 0.717) is 19.3 Å². The Balaban J connectivity index is 2.28. The summed E-state index contributed by atoms with van der Waals surface area (Å²) in [6.45, 7) is 0. The molecule has 0 bridgehead atoms. The first-order valence-electron chi connectivity index (χ1n) is 6.54. The molecular formula is C13H17F2NO3S2. The minimum absolute atomic E-state index is 0.0802. The molecule has 1 aliphatic carbocycles. The Morgan fingerprint density at radius 3 is 2.33 bits per heavy atom. The molecule has 0 heterocycles. The van der Waals surface area contributed by atoms with Gasteiger partial charge in [-0.05, 0) is 31.4 Å². The number of benzene rings is 1. The highest BCUT2D eigenvalue weighted by Gasteiger charge is 2.34. The zero-order chi connectivity index (χ0) is 15.8. The summed E-state index contributed by atoms with van der Waals surface area (Å²) in [5.74, 6) is -1.90. The molecule has 3 atom stereocenters. The average molecular weight is 337 g/mol. The van der Waals surface area contributed by atoms with Crippen LogP contribution in [0.1, 0.15) is 25.7 Å². The molecule has 1 aromatic carbocycles. The fraction of sp³-hybridized carbons (Fsp3) is 0.538. The van der Waals surface area contributed by atoms with E-state index in [1.165, 1.54) is 0 Å². The Bertz CT molecular complexity index is 653. The maximum Gasteiger partial charge on any atom is 0.150 e. The molecule has 0 spiro atoms. The topological polar surface area (TPSA) is 77.2 Å². The van der Waals surface area contributed by atoms with Crippen LogP contribution < -0.4 is 5.73 Å². The van der Waals surface area contributed by atoms with Crippen LogP contribution in [0.4, 0.5) is 14.5 Å². The summed E-state index contributed by atoms with van der Waals surface area (Å²) in [5, 5.41) is -1.16. The number of hydrogen-bond donors (Lipinski definition) is 1. The number of sulfone groups is 1. The van der Waals surface area contributed by atoms with Crippen molar-refractivity contribution in [3.8, 4) is 0 Å². The third-order valence-electron chi connectivity index (χ3n) is 3.71. The summed E-state index contributed by atoms with van der Waals surface area (Å²) in [6.07, 6.45) is 2.86. The molecule has 118 valence electrons. The van der Waals surface area contributed by atoms with Crippen LogP contribution in [0.5, 0.6) is 0 Å². The van der Waals surface area contributed by atoms with Gasteiger partial charge in [0.1, 0.15) is 26.4 Å². The van der Waals surface area contributed by atoms with E-state index in [9.17, 15) is 21.4 Å². The minimum Gasteiger partial charge on any atom is -0.399 e. The van der Waals surface area contributed by atoms with Crippen LogP contribution in [0.25, 0.3) is 0 Å². The summed E-state index contributed by atoms with van der Waals surface area (Å²) in [5.41, 5.74) is 5.25. The molecule has 21 heavy (non-hydrogen) atoms. The van der Waals surface area contributed by atoms with E-state index in [-0.39, 0.29) is 12.1 Å². The summed E-state index contributed by atoms with van der Waals surface area (Å²) in [7, 11) is -5.17. The Kier molecular flexibility index (Phi) is 4.67. The Morgan fingerprint density at radius 1 is 1.24 bits per heavy atom. The van der Waals surface area contributed by atoms with Gasteiger partial charge in [0.05, 0.1) is 16.0 Å². The van der Waals surface area contributed by atoms with Gasteiger partial charge in [-0.15, -0.1) is 0 Å². The molecule has 2 rings (SSSR count). The largest absolute Gasteiger partial charge is 0.399 e. The summed E-state index contributed by atoms with van der Waals surface area (Å²) in [4.78, 5) is -0.511. The molecule has 0 aromatic heterocycles. The van der Waals surface area contributed by atoms with Crippen molar-refractivity contribution in [2.24, 2.45) is 0 Å². The van der Waals surface area contributed by atoms with Gasteiger partial charge in [-0.2, -0.15) is 0 Å². The molecule has 1 aliphatic rings. The molecule has 1 aromatic rings. The smallest absolute Gasteiger partial charge is 0.150 e. The second kappa shape index (κ2) is 6.00. The lowest BCUT2D eigenvalue weighted by atomic mass is 10.00. The zero-order valence-corrected chi connectivity index (χ0v) is 13.1. The normalized spacial score (nSPS) is 24.7. The lowest BCUT2D eigenvalue weighted by Gasteiger charge is -2.27. The van der Waals surface area contributed by atoms with Crippen molar-refractivity contribution in [2.45, 2.75) is 41.1 Å². The molecule has 0 amide bonds. The van der Waals surface area contributed by atoms with Gasteiger partial charge in [0.2, 0.25) is 0 Å². The van der Waals surface area contributed by atoms with Crippen LogP contribution in [0.15, 0.2) is 17.0 Å². The fourth-order valence-electron chi connectivity index (χ4n) is 2.62. The van der Waals surface area contributed by atoms with Crippen molar-refractivity contribution in [3.05, 3.63) is 23.8 Å². The quantitative estimate of drug-likeness (QED) is 0.856. The van der Waals surface area contributed by atoms with E-state index in [4.69, 9.17) is 5.73 Å². The first-order valence-corrected chi connectivity index (χ1v) is 9.71. The number of rotatable bonds is 3. The maximum absolute atomic E-state index is 13.8. The van der Waals surface area contributed by atoms with Crippen LogP contribution in [0.2, 0.25) is 0 Å². The minimum atomic E-state index is -3.24. The van der Waals surface area contributed by atoms with Gasteiger partial charge >= 0.3 is 0 Å². The van der Waals surface area contributed by atoms with E-state index in [2.05, 4.69) is 0 Å². The standard InChI is InChI=1S/C13H17F2NO3S2/c1-21(18,19)10-4-2-3-9(7-10)20(17)13-11(14)5-8(16)6-12(13)15/h5-6,9-10H,2-4,7,16H2,1H3. The molecule has 2 N–H and O–H groups in total. The number of anilines is 1. The SMILES string of the molecule is CS(=O)(=O)C1CCCC(S(=O)c2c(F)cc(N)cc2F)C1. The summed E-state index contributed by atoms with van der Waals surface area (Å²) in [6, 6.07) is 1.85. The first kappa shape index (κ1) is 16.4. The van der Waals surface area contributed by atoms with Crippen molar-refractivity contribution in [3.63, 3.8) is 0 Å². The van der Waals surface area contributed by atoms with Crippen molar-refractivity contribution < 1.29 is 21.4 Å². The Labute approximate surface area is 125 Å². The van der Waals surface area contributed by atoms with Crippen LogP contribution >= 0.6 is 0 Å². The van der Waals surface area contributed by atoms with Gasteiger partial charge in [-0.1, -0.05) is 6.42 Å². The monoisotopic (exact) mass is 337 g/mol. The third kappa shape index (κ3) is 3.60. The number of nitrogen functional groups attached to an aromatic ring is 1. The maximum atomic E-state index is 13.8. The molecular weight excluding hydrogens is 320 g/mol. The molecule has 0 radical (unpaired) electrons. The second-order valence-corrected chi connectivity index (χ2v) is 9.35. The van der Waals surface area contributed by atoms with Crippen molar-refractivity contribution in [2.75, 3.05) is 12.0 Å². The molecule has 8 heteroatoms. The molecule has 3 unspecified atom stereocenters. The lowest BCUT2D eigenvalue weighted by Crippen LogP contribution is -2.32. The molecule has 0 aliphatic heterocycles.